The molecule has 0 atom stereocenters. The van der Waals surface area contributed by atoms with E-state index in [2.05, 4.69) is 0 Å². The molecule has 0 aromatic carbocycles. The Morgan fingerprint density at radius 2 is 2.50 bits per heavy atom. The van der Waals surface area contributed by atoms with Gasteiger partial charge >= 0.3 is 0 Å². The van der Waals surface area contributed by atoms with E-state index >= 15 is 0 Å². The molecule has 0 aliphatic heterocycles. The molecule has 1 rings (SSSR count). The minimum absolute atomic E-state index is 0.483. The van der Waals surface area contributed by atoms with E-state index in [0.717, 1.165) is 6.20 Å². The molecule has 4 heteroatoms. The topological polar surface area (TPSA) is 56.3 Å². The lowest BCUT2D eigenvalue weighted by atomic mass is 10.4. The van der Waals surface area contributed by atoms with Crippen LogP contribution in [0.15, 0.2) is 29.0 Å². The summed E-state index contributed by atoms with van der Waals surface area (Å²) in [5.41, 5.74) is 0. The second-order valence-corrected chi connectivity index (χ2v) is 1.62. The molecule has 4 nitrogen and oxygen atoms in total. The number of rotatable bonds is 2. The maximum Gasteiger partial charge on any atom is 0.238 e. The van der Waals surface area contributed by atoms with Gasteiger partial charge in [0, 0.05) is 0 Å². The molecule has 1 aromatic rings. The van der Waals surface area contributed by atoms with Gasteiger partial charge in [-0.05, 0) is 12.1 Å². The highest BCUT2D eigenvalue weighted by Crippen LogP contribution is 2.01. The molecule has 0 saturated heterocycles. The van der Waals surface area contributed by atoms with E-state index in [0.29, 0.717) is 5.76 Å². The molecule has 0 spiro atoms. The molecular formula is C6H5NO3. The zero-order valence-corrected chi connectivity index (χ0v) is 5.06. The van der Waals surface area contributed by atoms with Crippen LogP contribution in [-0.4, -0.2) is 4.92 Å². The van der Waals surface area contributed by atoms with Gasteiger partial charge < -0.3 is 4.42 Å². The van der Waals surface area contributed by atoms with Gasteiger partial charge in [-0.15, -0.1) is 0 Å². The highest BCUT2D eigenvalue weighted by Gasteiger charge is 1.89. The van der Waals surface area contributed by atoms with E-state index in [9.17, 15) is 10.1 Å². The minimum atomic E-state index is -0.539. The van der Waals surface area contributed by atoms with Crippen LogP contribution >= 0.6 is 0 Å². The quantitative estimate of drug-likeness (QED) is 0.461. The maximum atomic E-state index is 9.77. The third kappa shape index (κ3) is 1.74. The molecule has 52 valence electrons. The Bertz CT molecular complexity index is 238. The fourth-order valence-corrected chi connectivity index (χ4v) is 0.520. The van der Waals surface area contributed by atoms with Gasteiger partial charge in [-0.3, -0.25) is 10.1 Å². The van der Waals surface area contributed by atoms with Crippen molar-refractivity contribution in [3.8, 4) is 0 Å². The van der Waals surface area contributed by atoms with Crippen LogP contribution in [0.3, 0.4) is 0 Å². The van der Waals surface area contributed by atoms with Gasteiger partial charge in [0.25, 0.3) is 0 Å². The number of hydrogen-bond donors (Lipinski definition) is 0. The lowest BCUT2D eigenvalue weighted by Crippen LogP contribution is -1.80. The Labute approximate surface area is 56.9 Å². The van der Waals surface area contributed by atoms with E-state index in [1.54, 1.807) is 12.1 Å². The third-order valence-electron chi connectivity index (χ3n) is 0.904. The zero-order valence-electron chi connectivity index (χ0n) is 5.06. The molecule has 0 bridgehead atoms. The molecular weight excluding hydrogens is 134 g/mol. The first-order chi connectivity index (χ1) is 4.79. The summed E-state index contributed by atoms with van der Waals surface area (Å²) in [6.07, 6.45) is 3.58. The van der Waals surface area contributed by atoms with Crippen molar-refractivity contribution < 1.29 is 9.34 Å². The van der Waals surface area contributed by atoms with E-state index in [1.807, 2.05) is 0 Å². The summed E-state index contributed by atoms with van der Waals surface area (Å²) in [6.45, 7) is 0. The monoisotopic (exact) mass is 139 g/mol. The second-order valence-electron chi connectivity index (χ2n) is 1.62. The van der Waals surface area contributed by atoms with E-state index in [-0.39, 0.29) is 0 Å². The summed E-state index contributed by atoms with van der Waals surface area (Å²) in [6, 6.07) is 3.31. The lowest BCUT2D eigenvalue weighted by molar-refractivity contribution is -0.401. The van der Waals surface area contributed by atoms with Crippen molar-refractivity contribution in [3.05, 3.63) is 40.5 Å². The number of hydrogen-bond acceptors (Lipinski definition) is 3. The van der Waals surface area contributed by atoms with Gasteiger partial charge in [0.15, 0.2) is 0 Å². The van der Waals surface area contributed by atoms with Gasteiger partial charge in [-0.2, -0.15) is 0 Å². The summed E-state index contributed by atoms with van der Waals surface area (Å²) in [5.74, 6) is 0.483. The first-order valence-electron chi connectivity index (χ1n) is 2.64. The molecule has 10 heavy (non-hydrogen) atoms. The van der Waals surface area contributed by atoms with E-state index < -0.39 is 4.92 Å². The lowest BCUT2D eigenvalue weighted by Gasteiger charge is -1.77. The minimum Gasteiger partial charge on any atom is -0.465 e. The summed E-state index contributed by atoms with van der Waals surface area (Å²) >= 11 is 0. The van der Waals surface area contributed by atoms with Crippen LogP contribution in [0, 0.1) is 10.1 Å². The molecule has 1 aromatic heterocycles. The maximum absolute atomic E-state index is 9.77. The predicted octanol–water partition coefficient (Wildman–Crippen LogP) is 1.53. The van der Waals surface area contributed by atoms with Gasteiger partial charge in [-0.1, -0.05) is 0 Å². The number of furan rings is 1. The summed E-state index contributed by atoms with van der Waals surface area (Å²) < 4.78 is 4.79. The van der Waals surface area contributed by atoms with Gasteiger partial charge in [0.05, 0.1) is 17.3 Å². The van der Waals surface area contributed by atoms with Gasteiger partial charge in [0.2, 0.25) is 6.20 Å². The smallest absolute Gasteiger partial charge is 0.238 e. The second kappa shape index (κ2) is 2.82. The average molecular weight is 139 g/mol. The molecule has 0 aliphatic rings. The Hall–Kier alpha value is -1.58. The van der Waals surface area contributed by atoms with Crippen molar-refractivity contribution in [3.63, 3.8) is 0 Å². The highest BCUT2D eigenvalue weighted by molar-refractivity contribution is 5.39. The predicted molar refractivity (Wildman–Crippen MR) is 34.7 cm³/mol. The van der Waals surface area contributed by atoms with Crippen LogP contribution in [0.4, 0.5) is 0 Å². The SMILES string of the molecule is O=[N+]([O-])/C=C/c1ccco1. The summed E-state index contributed by atoms with van der Waals surface area (Å²) in [5, 5.41) is 9.77. The molecule has 0 unspecified atom stereocenters. The van der Waals surface area contributed by atoms with Crippen molar-refractivity contribution in [1.29, 1.82) is 0 Å². The van der Waals surface area contributed by atoms with Crippen molar-refractivity contribution in [2.45, 2.75) is 0 Å². The molecule has 0 amide bonds. The van der Waals surface area contributed by atoms with E-state index in [4.69, 9.17) is 4.42 Å². The first-order valence-corrected chi connectivity index (χ1v) is 2.64. The highest BCUT2D eigenvalue weighted by atomic mass is 16.6. The van der Waals surface area contributed by atoms with Gasteiger partial charge in [0.1, 0.15) is 5.76 Å². The normalized spacial score (nSPS) is 10.4. The average Bonchev–Trinajstić information content (AvgIpc) is 2.34. The summed E-state index contributed by atoms with van der Waals surface area (Å²) in [7, 11) is 0. The van der Waals surface area contributed by atoms with Crippen LogP contribution in [0.2, 0.25) is 0 Å². The molecule has 0 saturated carbocycles. The largest absolute Gasteiger partial charge is 0.465 e. The summed E-state index contributed by atoms with van der Waals surface area (Å²) in [4.78, 5) is 9.23. The first kappa shape index (κ1) is 6.54. The van der Waals surface area contributed by atoms with Crippen LogP contribution < -0.4 is 0 Å². The zero-order chi connectivity index (χ0) is 7.40. The van der Waals surface area contributed by atoms with Crippen molar-refractivity contribution in [1.82, 2.24) is 0 Å². The molecule has 0 N–H and O–H groups in total. The van der Waals surface area contributed by atoms with Crippen LogP contribution in [0.5, 0.6) is 0 Å². The Morgan fingerprint density at radius 1 is 1.70 bits per heavy atom. The van der Waals surface area contributed by atoms with Crippen LogP contribution in [0.1, 0.15) is 5.76 Å². The van der Waals surface area contributed by atoms with E-state index in [1.165, 1.54) is 12.3 Å². The fourth-order valence-electron chi connectivity index (χ4n) is 0.520. The molecule has 0 aliphatic carbocycles. The van der Waals surface area contributed by atoms with Crippen molar-refractivity contribution >= 4 is 6.08 Å². The van der Waals surface area contributed by atoms with Crippen LogP contribution in [0.25, 0.3) is 6.08 Å². The molecule has 0 radical (unpaired) electrons. The Morgan fingerprint density at radius 3 is 3.00 bits per heavy atom. The fraction of sp³-hybridized carbons (Fsp3) is 0. The Kier molecular flexibility index (Phi) is 1.84. The third-order valence-corrected chi connectivity index (χ3v) is 0.904. The number of nitro groups is 1. The molecule has 0 fully saturated rings. The molecule has 1 heterocycles. The van der Waals surface area contributed by atoms with Gasteiger partial charge in [-0.25, -0.2) is 0 Å². The Balaban J connectivity index is 2.64. The van der Waals surface area contributed by atoms with Crippen LogP contribution in [-0.2, 0) is 0 Å². The standard InChI is InChI=1S/C6H5NO3/c8-7(9)4-3-6-2-1-5-10-6/h1-5H/b4-3+. The van der Waals surface area contributed by atoms with Crippen molar-refractivity contribution in [2.75, 3.05) is 0 Å². The van der Waals surface area contributed by atoms with Crippen molar-refractivity contribution in [2.24, 2.45) is 0 Å². The number of nitrogens with zero attached hydrogens (tertiary/aromatic N) is 1.